The molecule has 2 aliphatic carbocycles. The van der Waals surface area contributed by atoms with E-state index < -0.39 is 5.60 Å². The highest BCUT2D eigenvalue weighted by atomic mass is 16.5. The zero-order chi connectivity index (χ0) is 39.3. The minimum atomic E-state index is -0.680. The number of allylic oxidation sites excluding steroid dienone is 2. The molecule has 0 amide bonds. The van der Waals surface area contributed by atoms with Gasteiger partial charge in [0.25, 0.3) is 0 Å². The quantitative estimate of drug-likeness (QED) is 0.160. The fourth-order valence-electron chi connectivity index (χ4n) is 10.5. The Balaban J connectivity index is 1.20. The van der Waals surface area contributed by atoms with Crippen molar-refractivity contribution >= 4 is 38.5 Å². The van der Waals surface area contributed by atoms with Crippen molar-refractivity contribution in [3.8, 4) is 39.1 Å². The van der Waals surface area contributed by atoms with Crippen LogP contribution in [0, 0.1) is 0 Å². The molecule has 2 heteroatoms. The van der Waals surface area contributed by atoms with E-state index in [1.54, 1.807) is 0 Å². The lowest BCUT2D eigenvalue weighted by Gasteiger charge is -2.44. The Hall–Kier alpha value is -6.64. The monoisotopic (exact) mass is 761 g/mol. The third-order valence-corrected chi connectivity index (χ3v) is 13.3. The van der Waals surface area contributed by atoms with Crippen molar-refractivity contribution < 1.29 is 4.74 Å². The number of ether oxygens (including phenoxy) is 1. The molecule has 0 spiro atoms. The third kappa shape index (κ3) is 6.00. The average molecular weight is 762 g/mol. The Morgan fingerprint density at radius 2 is 1.20 bits per heavy atom. The predicted molar refractivity (Wildman–Crippen MR) is 249 cm³/mol. The fourth-order valence-corrected chi connectivity index (χ4v) is 10.5. The molecule has 0 saturated heterocycles. The summed E-state index contributed by atoms with van der Waals surface area (Å²) in [6, 6.07) is 64.8. The van der Waals surface area contributed by atoms with Crippen LogP contribution < -0.4 is 9.64 Å². The molecule has 8 aromatic rings. The van der Waals surface area contributed by atoms with Crippen molar-refractivity contribution in [2.45, 2.75) is 56.6 Å². The summed E-state index contributed by atoms with van der Waals surface area (Å²) in [6.45, 7) is 2.29. The van der Waals surface area contributed by atoms with Gasteiger partial charge in [-0.1, -0.05) is 195 Å². The van der Waals surface area contributed by atoms with E-state index in [1.165, 1.54) is 98.2 Å². The predicted octanol–water partition coefficient (Wildman–Crippen LogP) is 15.4. The maximum Gasteiger partial charge on any atom is 0.156 e. The Labute approximate surface area is 347 Å². The normalized spacial score (nSPS) is 18.6. The van der Waals surface area contributed by atoms with Gasteiger partial charge in [-0.05, 0) is 93.2 Å². The van der Waals surface area contributed by atoms with E-state index in [0.717, 1.165) is 22.7 Å². The van der Waals surface area contributed by atoms with Gasteiger partial charge in [0.1, 0.15) is 5.75 Å². The molecule has 11 rings (SSSR count). The van der Waals surface area contributed by atoms with Gasteiger partial charge in [-0.25, -0.2) is 0 Å². The van der Waals surface area contributed by atoms with Crippen LogP contribution >= 0.6 is 0 Å². The summed E-state index contributed by atoms with van der Waals surface area (Å²) < 4.78 is 7.21. The van der Waals surface area contributed by atoms with Crippen molar-refractivity contribution in [2.75, 3.05) is 4.90 Å². The summed E-state index contributed by atoms with van der Waals surface area (Å²) in [5.74, 6) is 1.50. The van der Waals surface area contributed by atoms with Gasteiger partial charge < -0.3 is 9.64 Å². The second kappa shape index (κ2) is 14.6. The van der Waals surface area contributed by atoms with Crippen LogP contribution in [0.3, 0.4) is 0 Å². The molecule has 8 aromatic carbocycles. The highest BCUT2D eigenvalue weighted by molar-refractivity contribution is 6.04. The Kier molecular flexibility index (Phi) is 8.81. The lowest BCUT2D eigenvalue weighted by molar-refractivity contribution is 0.151. The Morgan fingerprint density at radius 3 is 2.07 bits per heavy atom. The molecule has 1 aliphatic heterocycles. The first-order valence-electron chi connectivity index (χ1n) is 21.4. The van der Waals surface area contributed by atoms with E-state index >= 15 is 0 Å². The van der Waals surface area contributed by atoms with E-state index in [2.05, 4.69) is 206 Å². The van der Waals surface area contributed by atoms with E-state index in [1.807, 2.05) is 0 Å². The van der Waals surface area contributed by atoms with Crippen LogP contribution in [0.2, 0.25) is 0 Å². The zero-order valence-corrected chi connectivity index (χ0v) is 33.5. The molecule has 0 bridgehead atoms. The van der Waals surface area contributed by atoms with Crippen LogP contribution in [0.4, 0.5) is 11.4 Å². The molecule has 286 valence electrons. The van der Waals surface area contributed by atoms with Gasteiger partial charge in [-0.15, -0.1) is 0 Å². The Bertz CT molecular complexity index is 2920. The van der Waals surface area contributed by atoms with E-state index in [-0.39, 0.29) is 6.04 Å². The summed E-state index contributed by atoms with van der Waals surface area (Å²) in [5, 5.41) is 5.17. The van der Waals surface area contributed by atoms with Crippen molar-refractivity contribution in [3.05, 3.63) is 205 Å². The fraction of sp³-hybridized carbons (Fsp3) is 0.158. The van der Waals surface area contributed by atoms with Crippen LogP contribution in [-0.2, 0) is 0 Å². The van der Waals surface area contributed by atoms with E-state index in [9.17, 15) is 0 Å². The van der Waals surface area contributed by atoms with Crippen molar-refractivity contribution in [2.24, 2.45) is 0 Å². The number of hydrogen-bond donors (Lipinski definition) is 0. The molecule has 1 heterocycles. The largest absolute Gasteiger partial charge is 0.480 e. The minimum Gasteiger partial charge on any atom is -0.480 e. The highest BCUT2D eigenvalue weighted by Crippen LogP contribution is 2.54. The van der Waals surface area contributed by atoms with Crippen LogP contribution in [0.5, 0.6) is 5.75 Å². The molecule has 2 atom stereocenters. The van der Waals surface area contributed by atoms with Crippen LogP contribution in [-0.4, -0.2) is 11.6 Å². The van der Waals surface area contributed by atoms with Gasteiger partial charge >= 0.3 is 0 Å². The second-order valence-electron chi connectivity index (χ2n) is 16.7. The highest BCUT2D eigenvalue weighted by Gasteiger charge is 2.50. The SMILES string of the molecule is CC12Oc3ccccc3C1=CC=CC2N(c1cc(-c2cccc3ccccc23)ccc1-c1ccccc1)c1ccccc1-c1cccc2cccc(C3CCCCC3)c12. The first kappa shape index (κ1) is 35.5. The molecule has 3 aliphatic rings. The summed E-state index contributed by atoms with van der Waals surface area (Å²) in [5.41, 5.74) is 12.7. The number of hydrogen-bond acceptors (Lipinski definition) is 2. The van der Waals surface area contributed by atoms with Crippen LogP contribution in [0.25, 0.3) is 60.5 Å². The third-order valence-electron chi connectivity index (χ3n) is 13.3. The van der Waals surface area contributed by atoms with Gasteiger partial charge in [0.05, 0.1) is 11.7 Å². The molecule has 0 N–H and O–H groups in total. The molecule has 0 aromatic heterocycles. The number of nitrogens with zero attached hydrogens (tertiary/aromatic N) is 1. The summed E-state index contributed by atoms with van der Waals surface area (Å²) >= 11 is 0. The summed E-state index contributed by atoms with van der Waals surface area (Å²) in [6.07, 6.45) is 13.3. The topological polar surface area (TPSA) is 12.5 Å². The molecule has 1 fully saturated rings. The van der Waals surface area contributed by atoms with Crippen molar-refractivity contribution in [1.29, 1.82) is 0 Å². The standard InChI is InChI=1S/C57H47NO/c1-57-51(50-28-11-13-34-54(50)59-57)32-17-35-55(57)58(52-33-12-10-27-48(52)49-31-16-25-42-24-15-30-47(56(42)49)41-20-6-3-7-21-41)53-38-43(36-37-46(53)40-18-4-2-5-19-40)45-29-14-23-39-22-8-9-26-44(39)45/h2,4-5,8-19,22-38,41,55H,3,6-7,20-21H2,1H3. The lowest BCUT2D eigenvalue weighted by Crippen LogP contribution is -2.52. The second-order valence-corrected chi connectivity index (χ2v) is 16.7. The molecular weight excluding hydrogens is 715 g/mol. The zero-order valence-electron chi connectivity index (χ0n) is 33.5. The number of anilines is 2. The Morgan fingerprint density at radius 1 is 0.525 bits per heavy atom. The molecule has 59 heavy (non-hydrogen) atoms. The summed E-state index contributed by atoms with van der Waals surface area (Å²) in [4.78, 5) is 2.61. The van der Waals surface area contributed by atoms with Crippen LogP contribution in [0.1, 0.15) is 56.1 Å². The van der Waals surface area contributed by atoms with E-state index in [0.29, 0.717) is 5.92 Å². The number of para-hydroxylation sites is 2. The van der Waals surface area contributed by atoms with Gasteiger partial charge in [0.2, 0.25) is 0 Å². The average Bonchev–Trinajstić information content (AvgIpc) is 3.62. The van der Waals surface area contributed by atoms with Gasteiger partial charge in [0, 0.05) is 28.0 Å². The first-order chi connectivity index (χ1) is 29.2. The minimum absolute atomic E-state index is 0.200. The number of fused-ring (bicyclic) bond motifs is 5. The maximum absolute atomic E-state index is 7.21. The van der Waals surface area contributed by atoms with Crippen molar-refractivity contribution in [3.63, 3.8) is 0 Å². The molecular formula is C57H47NO. The van der Waals surface area contributed by atoms with Gasteiger partial charge in [-0.2, -0.15) is 0 Å². The smallest absolute Gasteiger partial charge is 0.156 e. The maximum atomic E-state index is 7.21. The van der Waals surface area contributed by atoms with E-state index in [4.69, 9.17) is 4.74 Å². The van der Waals surface area contributed by atoms with Crippen LogP contribution in [0.15, 0.2) is 194 Å². The van der Waals surface area contributed by atoms with Crippen molar-refractivity contribution in [1.82, 2.24) is 0 Å². The van der Waals surface area contributed by atoms with Gasteiger partial charge in [0.15, 0.2) is 5.60 Å². The molecule has 0 radical (unpaired) electrons. The number of rotatable bonds is 7. The lowest BCUT2D eigenvalue weighted by atomic mass is 9.79. The molecule has 2 nitrogen and oxygen atoms in total. The first-order valence-corrected chi connectivity index (χ1v) is 21.4. The van der Waals surface area contributed by atoms with Gasteiger partial charge in [-0.3, -0.25) is 0 Å². The molecule has 1 saturated carbocycles. The molecule has 2 unspecified atom stereocenters. The number of benzene rings is 8. The summed E-state index contributed by atoms with van der Waals surface area (Å²) in [7, 11) is 0.